The van der Waals surface area contributed by atoms with Gasteiger partial charge in [0.25, 0.3) is 0 Å². The first-order valence-corrected chi connectivity index (χ1v) is 16.0. The second-order valence-electron chi connectivity index (χ2n) is 11.3. The number of piperidine rings is 1. The van der Waals surface area contributed by atoms with Crippen molar-refractivity contribution in [3.8, 4) is 0 Å². The number of carbonyl (C=O) groups excluding carboxylic acids is 2. The number of hydrogen-bond donors (Lipinski definition) is 3. The SMILES string of the molecule is CC(O)c1ccc(C[C@H](NC(=O)[C@@H]2CCCCN2S(=O)(=O)c2cccc(C(F)(F)F)c2)C(=O)Nc2ccc(N(C)C)cc2)cc1. The van der Waals surface area contributed by atoms with Crippen LogP contribution < -0.4 is 15.5 Å². The Hall–Kier alpha value is -3.94. The maximum Gasteiger partial charge on any atom is 0.416 e. The van der Waals surface area contributed by atoms with Gasteiger partial charge in [0, 0.05) is 38.4 Å². The summed E-state index contributed by atoms with van der Waals surface area (Å²) in [7, 11) is -0.725. The first-order chi connectivity index (χ1) is 21.2. The van der Waals surface area contributed by atoms with Crippen molar-refractivity contribution < 1.29 is 36.3 Å². The molecule has 1 unspecified atom stereocenters. The molecular formula is C32H37F3N4O5S. The second-order valence-corrected chi connectivity index (χ2v) is 13.2. The Balaban J connectivity index is 1.60. The monoisotopic (exact) mass is 646 g/mol. The molecule has 3 atom stereocenters. The summed E-state index contributed by atoms with van der Waals surface area (Å²) >= 11 is 0. The highest BCUT2D eigenvalue weighted by Crippen LogP contribution is 2.32. The molecule has 0 aliphatic carbocycles. The van der Waals surface area contributed by atoms with Crippen LogP contribution in [0.2, 0.25) is 0 Å². The molecule has 3 aromatic carbocycles. The molecule has 0 spiro atoms. The standard InChI is InChI=1S/C32H37F3N4O5S/c1-21(40)23-12-10-22(11-13-23)19-28(30(41)36-25-14-16-26(17-15-25)38(2)3)37-31(42)29-9-4-5-18-39(29)45(43,44)27-8-6-7-24(20-27)32(33,34)35/h6-8,10-17,20-21,28-29,40H,4-5,9,18-19H2,1-3H3,(H,36,41)(H,37,42)/t21?,28-,29-/m0/s1. The largest absolute Gasteiger partial charge is 0.416 e. The van der Waals surface area contributed by atoms with Crippen LogP contribution in [0, 0.1) is 0 Å². The maximum atomic E-state index is 13.7. The summed E-state index contributed by atoms with van der Waals surface area (Å²) in [5, 5.41) is 15.4. The molecule has 0 aromatic heterocycles. The Bertz CT molecular complexity index is 1590. The number of alkyl halides is 3. The topological polar surface area (TPSA) is 119 Å². The van der Waals surface area contributed by atoms with E-state index in [4.69, 9.17) is 0 Å². The molecule has 1 fully saturated rings. The normalized spacial score (nSPS) is 17.3. The lowest BCUT2D eigenvalue weighted by Crippen LogP contribution is -2.56. The summed E-state index contributed by atoms with van der Waals surface area (Å²) in [6, 6.07) is 15.0. The highest BCUT2D eigenvalue weighted by molar-refractivity contribution is 7.89. The lowest BCUT2D eigenvalue weighted by molar-refractivity contribution is -0.137. The summed E-state index contributed by atoms with van der Waals surface area (Å²) in [5.74, 6) is -1.27. The Morgan fingerprint density at radius 3 is 2.29 bits per heavy atom. The van der Waals surface area contributed by atoms with Crippen LogP contribution in [-0.2, 0) is 32.2 Å². The maximum absolute atomic E-state index is 13.7. The van der Waals surface area contributed by atoms with Gasteiger partial charge in [-0.3, -0.25) is 9.59 Å². The molecule has 242 valence electrons. The van der Waals surface area contributed by atoms with Crippen LogP contribution in [0.15, 0.2) is 77.7 Å². The van der Waals surface area contributed by atoms with Crippen molar-refractivity contribution in [3.63, 3.8) is 0 Å². The zero-order valence-electron chi connectivity index (χ0n) is 25.2. The fraction of sp³-hybridized carbons (Fsp3) is 0.375. The van der Waals surface area contributed by atoms with E-state index >= 15 is 0 Å². The smallest absolute Gasteiger partial charge is 0.389 e. The van der Waals surface area contributed by atoms with E-state index in [1.165, 1.54) is 0 Å². The third-order valence-electron chi connectivity index (χ3n) is 7.71. The van der Waals surface area contributed by atoms with Crippen LogP contribution in [0.25, 0.3) is 0 Å². The number of aliphatic hydroxyl groups excluding tert-OH is 1. The molecule has 9 nitrogen and oxygen atoms in total. The quantitative estimate of drug-likeness (QED) is 0.293. The molecule has 1 aliphatic rings. The van der Waals surface area contributed by atoms with Gasteiger partial charge in [0.05, 0.1) is 16.6 Å². The molecule has 1 saturated heterocycles. The number of amides is 2. The van der Waals surface area contributed by atoms with Gasteiger partial charge >= 0.3 is 6.18 Å². The number of anilines is 2. The Morgan fingerprint density at radius 1 is 1.02 bits per heavy atom. The molecule has 3 N–H and O–H groups in total. The van der Waals surface area contributed by atoms with Crippen molar-refractivity contribution in [2.75, 3.05) is 30.9 Å². The van der Waals surface area contributed by atoms with Gasteiger partial charge in [0.1, 0.15) is 12.1 Å². The van der Waals surface area contributed by atoms with E-state index < -0.39 is 56.7 Å². The number of benzene rings is 3. The van der Waals surface area contributed by atoms with Crippen LogP contribution in [0.1, 0.15) is 49.0 Å². The number of hydrogen-bond acceptors (Lipinski definition) is 6. The van der Waals surface area contributed by atoms with Gasteiger partial charge in [-0.25, -0.2) is 8.42 Å². The van der Waals surface area contributed by atoms with Crippen LogP contribution in [0.5, 0.6) is 0 Å². The van der Waals surface area contributed by atoms with Gasteiger partial charge in [-0.1, -0.05) is 36.8 Å². The Morgan fingerprint density at radius 2 is 1.69 bits per heavy atom. The number of nitrogens with one attached hydrogen (secondary N) is 2. The fourth-order valence-corrected chi connectivity index (χ4v) is 6.84. The van der Waals surface area contributed by atoms with Crippen LogP contribution >= 0.6 is 0 Å². The molecule has 13 heteroatoms. The minimum absolute atomic E-state index is 0.0561. The van der Waals surface area contributed by atoms with Crippen LogP contribution in [-0.4, -0.2) is 62.4 Å². The predicted octanol–water partition coefficient (Wildman–Crippen LogP) is 4.73. The molecule has 0 saturated carbocycles. The summed E-state index contributed by atoms with van der Waals surface area (Å²) in [4.78, 5) is 28.6. The first-order valence-electron chi connectivity index (χ1n) is 14.5. The fourth-order valence-electron chi connectivity index (χ4n) is 5.14. The van der Waals surface area contributed by atoms with Crippen molar-refractivity contribution >= 4 is 33.2 Å². The van der Waals surface area contributed by atoms with E-state index in [9.17, 15) is 36.3 Å². The third-order valence-corrected chi connectivity index (χ3v) is 9.61. The molecule has 45 heavy (non-hydrogen) atoms. The number of nitrogens with zero attached hydrogens (tertiary/aromatic N) is 2. The Labute approximate surface area is 261 Å². The predicted molar refractivity (Wildman–Crippen MR) is 165 cm³/mol. The van der Waals surface area contributed by atoms with Gasteiger partial charge in [-0.15, -0.1) is 0 Å². The first kappa shape index (κ1) is 33.9. The third kappa shape index (κ3) is 8.41. The minimum atomic E-state index is -4.75. The summed E-state index contributed by atoms with van der Waals surface area (Å²) in [6.45, 7) is 1.56. The van der Waals surface area contributed by atoms with Crippen molar-refractivity contribution in [1.82, 2.24) is 9.62 Å². The summed E-state index contributed by atoms with van der Waals surface area (Å²) in [5.41, 5.74) is 1.64. The number of sulfonamides is 1. The summed E-state index contributed by atoms with van der Waals surface area (Å²) in [6.07, 6.45) is -4.31. The van der Waals surface area contributed by atoms with Gasteiger partial charge in [-0.2, -0.15) is 17.5 Å². The highest BCUT2D eigenvalue weighted by atomic mass is 32.2. The zero-order chi connectivity index (χ0) is 32.9. The lowest BCUT2D eigenvalue weighted by Gasteiger charge is -2.34. The van der Waals surface area contributed by atoms with Crippen molar-refractivity contribution in [1.29, 1.82) is 0 Å². The van der Waals surface area contributed by atoms with Gasteiger partial charge in [-0.05, 0) is 73.4 Å². The van der Waals surface area contributed by atoms with Crippen molar-refractivity contribution in [3.05, 3.63) is 89.5 Å². The van der Waals surface area contributed by atoms with E-state index in [0.29, 0.717) is 35.7 Å². The van der Waals surface area contributed by atoms with E-state index in [0.717, 1.165) is 28.2 Å². The van der Waals surface area contributed by atoms with Gasteiger partial charge < -0.3 is 20.6 Å². The van der Waals surface area contributed by atoms with Crippen molar-refractivity contribution in [2.24, 2.45) is 0 Å². The molecule has 0 bridgehead atoms. The molecule has 0 radical (unpaired) electrons. The number of halogens is 3. The molecule has 1 aliphatic heterocycles. The lowest BCUT2D eigenvalue weighted by atomic mass is 10.00. The molecule has 3 aromatic rings. The molecule has 1 heterocycles. The second kappa shape index (κ2) is 14.0. The molecule has 2 amide bonds. The van der Waals surface area contributed by atoms with Crippen molar-refractivity contribution in [2.45, 2.75) is 61.9 Å². The average Bonchev–Trinajstić information content (AvgIpc) is 3.00. The van der Waals surface area contributed by atoms with Gasteiger partial charge in [0.15, 0.2) is 0 Å². The van der Waals surface area contributed by atoms with Crippen LogP contribution in [0.3, 0.4) is 0 Å². The highest BCUT2D eigenvalue weighted by Gasteiger charge is 2.40. The molecular weight excluding hydrogens is 609 g/mol. The zero-order valence-corrected chi connectivity index (χ0v) is 26.0. The van der Waals surface area contributed by atoms with E-state index in [1.54, 1.807) is 43.3 Å². The van der Waals surface area contributed by atoms with E-state index in [1.807, 2.05) is 31.1 Å². The number of carbonyl (C=O) groups is 2. The van der Waals surface area contributed by atoms with Crippen LogP contribution in [0.4, 0.5) is 24.5 Å². The van der Waals surface area contributed by atoms with E-state index in [2.05, 4.69) is 10.6 Å². The Kier molecular flexibility index (Phi) is 10.6. The number of rotatable bonds is 10. The minimum Gasteiger partial charge on any atom is -0.389 e. The average molecular weight is 647 g/mol. The van der Waals surface area contributed by atoms with Gasteiger partial charge in [0.2, 0.25) is 21.8 Å². The summed E-state index contributed by atoms with van der Waals surface area (Å²) < 4.78 is 68.1. The molecule has 4 rings (SSSR count). The number of aliphatic hydroxyl groups is 1. The van der Waals surface area contributed by atoms with E-state index in [-0.39, 0.29) is 19.4 Å².